The Morgan fingerprint density at radius 1 is 1.22 bits per heavy atom. The summed E-state index contributed by atoms with van der Waals surface area (Å²) in [5, 5.41) is 14.6. The van der Waals surface area contributed by atoms with E-state index in [0.717, 1.165) is 31.4 Å². The van der Waals surface area contributed by atoms with Crippen molar-refractivity contribution in [3.63, 3.8) is 0 Å². The van der Waals surface area contributed by atoms with E-state index in [0.29, 0.717) is 30.9 Å². The van der Waals surface area contributed by atoms with Crippen molar-refractivity contribution >= 4 is 17.5 Å². The number of benzene rings is 1. The maximum absolute atomic E-state index is 12.7. The van der Waals surface area contributed by atoms with Gasteiger partial charge in [-0.3, -0.25) is 5.32 Å². The summed E-state index contributed by atoms with van der Waals surface area (Å²) >= 11 is 0. The number of carbonyl (C=O) groups excluding carboxylic acids is 1. The molecular formula is C26H31N5O5. The van der Waals surface area contributed by atoms with Gasteiger partial charge >= 0.3 is 6.03 Å². The van der Waals surface area contributed by atoms with Crippen LogP contribution in [0.3, 0.4) is 0 Å². The third-order valence-corrected chi connectivity index (χ3v) is 5.13. The van der Waals surface area contributed by atoms with Crippen LogP contribution in [0.2, 0.25) is 0 Å². The van der Waals surface area contributed by atoms with E-state index in [-0.39, 0.29) is 36.9 Å². The van der Waals surface area contributed by atoms with E-state index in [2.05, 4.69) is 33.8 Å². The van der Waals surface area contributed by atoms with Gasteiger partial charge in [0.25, 0.3) is 5.88 Å². The summed E-state index contributed by atoms with van der Waals surface area (Å²) in [6.07, 6.45) is 8.74. The fourth-order valence-electron chi connectivity index (χ4n) is 3.37. The predicted molar refractivity (Wildman–Crippen MR) is 135 cm³/mol. The maximum atomic E-state index is 12.7. The Balaban J connectivity index is 1.65. The first-order valence-corrected chi connectivity index (χ1v) is 11.8. The molecule has 1 aromatic carbocycles. The first-order valence-electron chi connectivity index (χ1n) is 11.8. The number of aromatic nitrogens is 2. The largest absolute Gasteiger partial charge is 0.487 e. The first kappa shape index (κ1) is 26.7. The fourth-order valence-corrected chi connectivity index (χ4v) is 3.37. The Kier molecular flexibility index (Phi) is 10.7. The number of hydrogen-bond donors (Lipinski definition) is 2. The molecule has 1 saturated heterocycles. The predicted octanol–water partition coefficient (Wildman–Crippen LogP) is 4.60. The molecule has 1 unspecified atom stereocenters. The average Bonchev–Trinajstić information content (AvgIpc) is 2.89. The Morgan fingerprint density at radius 3 is 2.86 bits per heavy atom. The molecule has 2 aromatic rings. The molecule has 0 aliphatic carbocycles. The second-order valence-corrected chi connectivity index (χ2v) is 7.87. The molecule has 1 aliphatic rings. The second-order valence-electron chi connectivity index (χ2n) is 7.87. The molecule has 0 radical (unpaired) electrons. The van der Waals surface area contributed by atoms with E-state index in [4.69, 9.17) is 18.9 Å². The molecule has 10 nitrogen and oxygen atoms in total. The zero-order valence-electron chi connectivity index (χ0n) is 20.2. The highest BCUT2D eigenvalue weighted by Crippen LogP contribution is 2.27. The van der Waals surface area contributed by atoms with Crippen LogP contribution >= 0.6 is 0 Å². The third kappa shape index (κ3) is 8.37. The molecule has 10 heteroatoms. The van der Waals surface area contributed by atoms with E-state index in [1.807, 2.05) is 18.2 Å². The van der Waals surface area contributed by atoms with Gasteiger partial charge in [-0.2, -0.15) is 10.2 Å². The van der Waals surface area contributed by atoms with E-state index < -0.39 is 6.03 Å². The van der Waals surface area contributed by atoms with Crippen LogP contribution in [0.15, 0.2) is 49.7 Å². The lowest BCUT2D eigenvalue weighted by molar-refractivity contribution is -0.161. The molecule has 1 atom stereocenters. The van der Waals surface area contributed by atoms with Crippen LogP contribution in [0.1, 0.15) is 36.9 Å². The molecule has 0 bridgehead atoms. The van der Waals surface area contributed by atoms with Gasteiger partial charge in [0.15, 0.2) is 12.1 Å². The number of hydrogen-bond acceptors (Lipinski definition) is 8. The molecule has 2 amide bonds. The van der Waals surface area contributed by atoms with Crippen molar-refractivity contribution in [2.45, 2.75) is 38.4 Å². The van der Waals surface area contributed by atoms with Gasteiger partial charge < -0.3 is 24.3 Å². The van der Waals surface area contributed by atoms with Gasteiger partial charge in [-0.15, -0.1) is 6.58 Å². The molecule has 3 rings (SSSR count). The summed E-state index contributed by atoms with van der Waals surface area (Å²) < 4.78 is 22.6. The minimum absolute atomic E-state index is 0.0266. The van der Waals surface area contributed by atoms with Crippen LogP contribution in [0.4, 0.5) is 16.3 Å². The lowest BCUT2D eigenvalue weighted by Gasteiger charge is -2.22. The van der Waals surface area contributed by atoms with Gasteiger partial charge in [-0.25, -0.2) is 9.78 Å². The van der Waals surface area contributed by atoms with Crippen molar-refractivity contribution in [3.05, 3.63) is 61.0 Å². The van der Waals surface area contributed by atoms with Crippen LogP contribution in [-0.4, -0.2) is 48.7 Å². The highest BCUT2D eigenvalue weighted by Gasteiger charge is 2.15. The Morgan fingerprint density at radius 2 is 2.11 bits per heavy atom. The number of amides is 2. The summed E-state index contributed by atoms with van der Waals surface area (Å²) in [4.78, 5) is 20.9. The van der Waals surface area contributed by atoms with E-state index in [1.54, 1.807) is 18.2 Å². The highest BCUT2D eigenvalue weighted by atomic mass is 16.7. The summed E-state index contributed by atoms with van der Waals surface area (Å²) in [7, 11) is 0. The van der Waals surface area contributed by atoms with E-state index in [1.165, 1.54) is 6.20 Å². The van der Waals surface area contributed by atoms with Crippen molar-refractivity contribution in [1.29, 1.82) is 5.26 Å². The number of anilines is 2. The van der Waals surface area contributed by atoms with Crippen molar-refractivity contribution in [2.75, 3.05) is 37.1 Å². The number of urea groups is 1. The highest BCUT2D eigenvalue weighted by molar-refractivity contribution is 6.00. The third-order valence-electron chi connectivity index (χ3n) is 5.13. The monoisotopic (exact) mass is 493 g/mol. The number of rotatable bonds is 13. The number of nitrogens with zero attached hydrogens (tertiary/aromatic N) is 3. The van der Waals surface area contributed by atoms with Crippen LogP contribution in [-0.2, 0) is 15.9 Å². The Labute approximate surface area is 210 Å². The van der Waals surface area contributed by atoms with Gasteiger partial charge in [0.2, 0.25) is 5.69 Å². The average molecular weight is 494 g/mol. The molecule has 36 heavy (non-hydrogen) atoms. The van der Waals surface area contributed by atoms with Gasteiger partial charge in [-0.05, 0) is 49.8 Å². The van der Waals surface area contributed by atoms with Crippen LogP contribution < -0.4 is 20.1 Å². The fraction of sp³-hybridized carbons (Fsp3) is 0.385. The molecule has 2 heterocycles. The van der Waals surface area contributed by atoms with Gasteiger partial charge in [0.1, 0.15) is 18.4 Å². The smallest absolute Gasteiger partial charge is 0.325 e. The van der Waals surface area contributed by atoms with Crippen LogP contribution in [0, 0.1) is 11.3 Å². The topological polar surface area (TPSA) is 128 Å². The number of nitriles is 1. The van der Waals surface area contributed by atoms with Crippen LogP contribution in [0.25, 0.3) is 0 Å². The van der Waals surface area contributed by atoms with Crippen LogP contribution in [0.5, 0.6) is 11.6 Å². The summed E-state index contributed by atoms with van der Waals surface area (Å²) in [6.45, 7) is 9.09. The van der Waals surface area contributed by atoms with Crippen molar-refractivity contribution in [3.8, 4) is 17.7 Å². The lowest BCUT2D eigenvalue weighted by Crippen LogP contribution is -2.23. The minimum Gasteiger partial charge on any atom is -0.487 e. The quantitative estimate of drug-likeness (QED) is 0.306. The maximum Gasteiger partial charge on any atom is 0.325 e. The van der Waals surface area contributed by atoms with Crippen molar-refractivity contribution in [1.82, 2.24) is 9.97 Å². The number of ether oxygens (including phenoxy) is 4. The van der Waals surface area contributed by atoms with Crippen molar-refractivity contribution < 1.29 is 23.7 Å². The van der Waals surface area contributed by atoms with Crippen molar-refractivity contribution in [2.24, 2.45) is 0 Å². The summed E-state index contributed by atoms with van der Waals surface area (Å²) in [6, 6.07) is 6.90. The molecule has 1 fully saturated rings. The molecule has 190 valence electrons. The van der Waals surface area contributed by atoms with E-state index in [9.17, 15) is 10.1 Å². The molecule has 0 spiro atoms. The number of nitrogens with one attached hydrogen (secondary N) is 2. The van der Waals surface area contributed by atoms with Gasteiger partial charge in [-0.1, -0.05) is 24.8 Å². The Bertz CT molecular complexity index is 1080. The molecular weight excluding hydrogens is 462 g/mol. The Hall–Kier alpha value is -3.94. The number of carbonyl (C=O) groups is 1. The SMILES string of the molecule is C=CCCOc1nc(NC(=O)Nc2cc(CCOC3CCCCO3)ccc2OCC=C)cnc1C#N. The normalized spacial score (nSPS) is 14.8. The second kappa shape index (κ2) is 14.5. The zero-order valence-corrected chi connectivity index (χ0v) is 20.2. The lowest BCUT2D eigenvalue weighted by atomic mass is 10.1. The summed E-state index contributed by atoms with van der Waals surface area (Å²) in [5.74, 6) is 0.659. The standard InChI is InChI=1S/C26H31N5O5/c1-3-5-13-36-25-21(17-27)28-18-23(30-25)31-26(32)29-20-16-19(9-10-22(20)33-12-4-2)11-15-35-24-8-6-7-14-34-24/h3-4,9-10,16,18,24H,1-2,5-8,11-15H2,(H2,29,30,31,32). The molecule has 1 aliphatic heterocycles. The molecule has 0 saturated carbocycles. The molecule has 2 N–H and O–H groups in total. The first-order chi connectivity index (χ1) is 17.6. The van der Waals surface area contributed by atoms with E-state index >= 15 is 0 Å². The molecule has 1 aromatic heterocycles. The summed E-state index contributed by atoms with van der Waals surface area (Å²) in [5.41, 5.74) is 1.46. The van der Waals surface area contributed by atoms with Gasteiger partial charge in [0, 0.05) is 6.61 Å². The minimum atomic E-state index is -0.557. The zero-order chi connectivity index (χ0) is 25.6. The van der Waals surface area contributed by atoms with Gasteiger partial charge in [0.05, 0.1) is 25.1 Å².